The summed E-state index contributed by atoms with van der Waals surface area (Å²) >= 11 is 0. The van der Waals surface area contributed by atoms with E-state index in [1.54, 1.807) is 6.07 Å². The van der Waals surface area contributed by atoms with Crippen LogP contribution in [-0.2, 0) is 18.4 Å². The third kappa shape index (κ3) is 5.59. The molecule has 1 heterocycles. The highest BCUT2D eigenvalue weighted by Crippen LogP contribution is 2.35. The summed E-state index contributed by atoms with van der Waals surface area (Å²) in [6, 6.07) is 18.8. The molecule has 1 aliphatic carbocycles. The number of aromatic hydroxyl groups is 1. The summed E-state index contributed by atoms with van der Waals surface area (Å²) in [4.78, 5) is 13.4. The third-order valence-electron chi connectivity index (χ3n) is 8.40. The van der Waals surface area contributed by atoms with E-state index in [9.17, 15) is 14.3 Å². The molecule has 3 aromatic carbocycles. The molecular weight excluding hydrogens is 487 g/mol. The minimum Gasteiger partial charge on any atom is -0.505 e. The fraction of sp³-hybridized carbons (Fsp3) is 0.382. The Balaban J connectivity index is 1.44. The molecule has 0 unspecified atom stereocenters. The maximum absolute atomic E-state index is 13.7. The Morgan fingerprint density at radius 1 is 1.08 bits per heavy atom. The maximum atomic E-state index is 13.7. The molecule has 1 saturated carbocycles. The molecule has 0 bridgehead atoms. The van der Waals surface area contributed by atoms with Gasteiger partial charge in [-0.2, -0.15) is 0 Å². The molecule has 5 rings (SSSR count). The first kappa shape index (κ1) is 27.0. The normalized spacial score (nSPS) is 14.8. The predicted octanol–water partition coefficient (Wildman–Crippen LogP) is 7.97. The average molecular weight is 527 g/mol. The van der Waals surface area contributed by atoms with Crippen LogP contribution in [0.3, 0.4) is 0 Å². The van der Waals surface area contributed by atoms with Crippen LogP contribution in [0.25, 0.3) is 10.9 Å². The maximum Gasteiger partial charge on any atom is 0.251 e. The Morgan fingerprint density at radius 2 is 1.79 bits per heavy atom. The lowest BCUT2D eigenvalue weighted by molar-refractivity contribution is 0.0940. The molecule has 0 radical (unpaired) electrons. The van der Waals surface area contributed by atoms with E-state index in [0.717, 1.165) is 39.8 Å². The van der Waals surface area contributed by atoms with Crippen molar-refractivity contribution in [2.45, 2.75) is 78.3 Å². The van der Waals surface area contributed by atoms with Crippen molar-refractivity contribution >= 4 is 16.8 Å². The molecular formula is C34H39FN2O2. The number of carbonyl (C=O) groups excluding carboxylic acids is 1. The molecule has 5 heteroatoms. The lowest BCUT2D eigenvalue weighted by Crippen LogP contribution is -2.26. The number of aromatic nitrogens is 1. The van der Waals surface area contributed by atoms with E-state index < -0.39 is 5.82 Å². The molecule has 1 aromatic heterocycles. The Hall–Kier alpha value is -3.60. The predicted molar refractivity (Wildman–Crippen MR) is 156 cm³/mol. The Morgan fingerprint density at radius 3 is 2.41 bits per heavy atom. The standard InChI is InChI=1S/C34H39FN2O2/c1-21(25-10-13-27(14-11-25)34(3,4)5)36-33(39)26-12-15-28-29(17-24-9-16-30(35)32(38)18-24)22(2)37(31(28)19-26)20-23-7-6-8-23/h9-16,18-19,21,23,38H,6-8,17,20H2,1-5H3,(H,36,39)/t21-/m0/s1. The summed E-state index contributed by atoms with van der Waals surface area (Å²) in [6.45, 7) is 11.7. The van der Waals surface area contributed by atoms with Crippen molar-refractivity contribution in [2.75, 3.05) is 0 Å². The van der Waals surface area contributed by atoms with Gasteiger partial charge in [-0.05, 0) is 91.0 Å². The smallest absolute Gasteiger partial charge is 0.251 e. The second kappa shape index (κ2) is 10.5. The number of fused-ring (bicyclic) bond motifs is 1. The fourth-order valence-electron chi connectivity index (χ4n) is 5.59. The Kier molecular flexibility index (Phi) is 7.28. The molecule has 1 atom stereocenters. The molecule has 0 spiro atoms. The van der Waals surface area contributed by atoms with Gasteiger partial charge in [-0.15, -0.1) is 0 Å². The van der Waals surface area contributed by atoms with Crippen molar-refractivity contribution in [3.63, 3.8) is 0 Å². The molecule has 1 aliphatic rings. The van der Waals surface area contributed by atoms with Crippen molar-refractivity contribution < 1.29 is 14.3 Å². The van der Waals surface area contributed by atoms with Gasteiger partial charge in [0.1, 0.15) is 0 Å². The third-order valence-corrected chi connectivity index (χ3v) is 8.40. The van der Waals surface area contributed by atoms with E-state index in [-0.39, 0.29) is 23.1 Å². The van der Waals surface area contributed by atoms with Crippen molar-refractivity contribution in [3.05, 3.63) is 100.0 Å². The monoisotopic (exact) mass is 526 g/mol. The van der Waals surface area contributed by atoms with E-state index in [1.165, 1.54) is 37.0 Å². The molecule has 4 nitrogen and oxygen atoms in total. The molecule has 39 heavy (non-hydrogen) atoms. The number of nitrogens with zero attached hydrogens (tertiary/aromatic N) is 1. The van der Waals surface area contributed by atoms with Crippen LogP contribution in [0.15, 0.2) is 60.7 Å². The molecule has 0 aliphatic heterocycles. The van der Waals surface area contributed by atoms with Crippen LogP contribution in [0.2, 0.25) is 0 Å². The van der Waals surface area contributed by atoms with Gasteiger partial charge < -0.3 is 15.0 Å². The number of rotatable bonds is 7. The summed E-state index contributed by atoms with van der Waals surface area (Å²) in [5, 5.41) is 14.2. The molecule has 204 valence electrons. The molecule has 1 amide bonds. The fourth-order valence-corrected chi connectivity index (χ4v) is 5.59. The summed E-state index contributed by atoms with van der Waals surface area (Å²) in [5.74, 6) is -0.388. The van der Waals surface area contributed by atoms with E-state index in [4.69, 9.17) is 0 Å². The van der Waals surface area contributed by atoms with Crippen LogP contribution in [0, 0.1) is 18.7 Å². The minimum absolute atomic E-state index is 0.0862. The zero-order valence-electron chi connectivity index (χ0n) is 23.6. The van der Waals surface area contributed by atoms with Gasteiger partial charge in [-0.3, -0.25) is 4.79 Å². The van der Waals surface area contributed by atoms with Crippen LogP contribution in [0.5, 0.6) is 5.75 Å². The van der Waals surface area contributed by atoms with Crippen molar-refractivity contribution in [1.29, 1.82) is 0 Å². The SMILES string of the molecule is Cc1c(Cc2ccc(F)c(O)c2)c2ccc(C(=O)N[C@@H](C)c3ccc(C(C)(C)C)cc3)cc2n1CC1CCC1. The molecule has 4 aromatic rings. The first-order valence-corrected chi connectivity index (χ1v) is 14.0. The van der Waals surface area contributed by atoms with Crippen LogP contribution >= 0.6 is 0 Å². The van der Waals surface area contributed by atoms with Gasteiger partial charge in [0, 0.05) is 28.7 Å². The number of nitrogens with one attached hydrogen (secondary N) is 1. The van der Waals surface area contributed by atoms with E-state index >= 15 is 0 Å². The van der Waals surface area contributed by atoms with Gasteiger partial charge in [0.25, 0.3) is 5.91 Å². The number of phenols is 1. The van der Waals surface area contributed by atoms with Gasteiger partial charge in [-0.1, -0.05) is 63.6 Å². The lowest BCUT2D eigenvalue weighted by Gasteiger charge is -2.27. The highest BCUT2D eigenvalue weighted by atomic mass is 19.1. The molecule has 0 saturated heterocycles. The summed E-state index contributed by atoms with van der Waals surface area (Å²) in [5.41, 5.74) is 7.28. The summed E-state index contributed by atoms with van der Waals surface area (Å²) in [6.07, 6.45) is 4.31. The highest BCUT2D eigenvalue weighted by molar-refractivity contribution is 5.99. The number of hydrogen-bond donors (Lipinski definition) is 2. The summed E-state index contributed by atoms with van der Waals surface area (Å²) in [7, 11) is 0. The van der Waals surface area contributed by atoms with Crippen LogP contribution in [0.1, 0.15) is 91.3 Å². The highest BCUT2D eigenvalue weighted by Gasteiger charge is 2.23. The second-order valence-electron chi connectivity index (χ2n) is 12.2. The van der Waals surface area contributed by atoms with Crippen molar-refractivity contribution in [1.82, 2.24) is 9.88 Å². The van der Waals surface area contributed by atoms with Crippen LogP contribution < -0.4 is 5.32 Å². The number of amides is 1. The average Bonchev–Trinajstić information content (AvgIpc) is 3.12. The molecule has 2 N–H and O–H groups in total. The zero-order valence-corrected chi connectivity index (χ0v) is 23.6. The number of halogens is 1. The van der Waals surface area contributed by atoms with Gasteiger partial charge in [0.05, 0.1) is 6.04 Å². The van der Waals surface area contributed by atoms with Crippen molar-refractivity contribution in [3.8, 4) is 5.75 Å². The summed E-state index contributed by atoms with van der Waals surface area (Å²) < 4.78 is 16.0. The first-order valence-electron chi connectivity index (χ1n) is 14.0. The Bertz CT molecular complexity index is 1510. The van der Waals surface area contributed by atoms with Gasteiger partial charge in [0.15, 0.2) is 11.6 Å². The van der Waals surface area contributed by atoms with Crippen molar-refractivity contribution in [2.24, 2.45) is 5.92 Å². The topological polar surface area (TPSA) is 54.3 Å². The van der Waals surface area contributed by atoms with Crippen LogP contribution in [0.4, 0.5) is 4.39 Å². The lowest BCUT2D eigenvalue weighted by atomic mass is 9.85. The first-order chi connectivity index (χ1) is 18.5. The number of carbonyl (C=O) groups is 1. The zero-order chi connectivity index (χ0) is 27.9. The molecule has 1 fully saturated rings. The number of benzene rings is 3. The number of phenolic OH excluding ortho intramolecular Hbond substituents is 1. The quantitative estimate of drug-likeness (QED) is 0.257. The van der Waals surface area contributed by atoms with Gasteiger partial charge >= 0.3 is 0 Å². The number of hydrogen-bond acceptors (Lipinski definition) is 2. The second-order valence-corrected chi connectivity index (χ2v) is 12.2. The van der Waals surface area contributed by atoms with Gasteiger partial charge in [0.2, 0.25) is 0 Å². The van der Waals surface area contributed by atoms with E-state index in [2.05, 4.69) is 61.8 Å². The van der Waals surface area contributed by atoms with Crippen LogP contribution in [-0.4, -0.2) is 15.6 Å². The largest absolute Gasteiger partial charge is 0.505 e. The Labute approximate surface area is 230 Å². The van der Waals surface area contributed by atoms with E-state index in [1.807, 2.05) is 25.1 Å². The van der Waals surface area contributed by atoms with Gasteiger partial charge in [-0.25, -0.2) is 4.39 Å². The van der Waals surface area contributed by atoms with E-state index in [0.29, 0.717) is 17.9 Å². The minimum atomic E-state index is -0.613.